The molecule has 0 heterocycles. The number of aliphatic imine (C=N–C) groups is 1. The molecule has 0 amide bonds. The predicted octanol–water partition coefficient (Wildman–Crippen LogP) is 4.02. The Morgan fingerprint density at radius 1 is 0.862 bits per heavy atom. The van der Waals surface area contributed by atoms with Gasteiger partial charge in [-0.3, -0.25) is 0 Å². The van der Waals surface area contributed by atoms with E-state index >= 15 is 0 Å². The van der Waals surface area contributed by atoms with E-state index in [-0.39, 0.29) is 24.0 Å². The summed E-state index contributed by atoms with van der Waals surface area (Å²) in [6.07, 6.45) is 2.03. The summed E-state index contributed by atoms with van der Waals surface area (Å²) in [4.78, 5) is 4.66. The van der Waals surface area contributed by atoms with Crippen molar-refractivity contribution in [1.29, 1.82) is 0 Å². The van der Waals surface area contributed by atoms with E-state index in [1.54, 1.807) is 21.3 Å². The highest BCUT2D eigenvalue weighted by molar-refractivity contribution is 14.0. The van der Waals surface area contributed by atoms with E-state index in [4.69, 9.17) is 14.2 Å². The average molecular weight is 513 g/mol. The number of aryl methyl sites for hydroxylation is 1. The van der Waals surface area contributed by atoms with Gasteiger partial charge in [-0.25, -0.2) is 4.99 Å². The number of nitrogens with one attached hydrogen (secondary N) is 2. The molecule has 29 heavy (non-hydrogen) atoms. The van der Waals surface area contributed by atoms with Crippen molar-refractivity contribution in [3.8, 4) is 17.2 Å². The number of methoxy groups -OCH3 is 3. The maximum atomic E-state index is 5.35. The molecule has 7 heteroatoms. The van der Waals surface area contributed by atoms with Gasteiger partial charge in [0.25, 0.3) is 0 Å². The smallest absolute Gasteiger partial charge is 0.191 e. The molecule has 2 aromatic rings. The molecule has 0 unspecified atom stereocenters. The number of ether oxygens (including phenoxy) is 3. The summed E-state index contributed by atoms with van der Waals surface area (Å²) < 4.78 is 15.8. The molecule has 6 nitrogen and oxygen atoms in total. The van der Waals surface area contributed by atoms with Crippen LogP contribution in [0.2, 0.25) is 0 Å². The zero-order valence-electron chi connectivity index (χ0n) is 17.7. The first-order valence-electron chi connectivity index (χ1n) is 9.56. The fourth-order valence-electron chi connectivity index (χ4n) is 2.78. The minimum Gasteiger partial charge on any atom is -0.497 e. The number of halogens is 1. The Balaban J connectivity index is 0.00000420. The topological polar surface area (TPSA) is 64.1 Å². The van der Waals surface area contributed by atoms with Crippen molar-refractivity contribution in [2.75, 3.05) is 34.4 Å². The van der Waals surface area contributed by atoms with Crippen molar-refractivity contribution in [3.63, 3.8) is 0 Å². The van der Waals surface area contributed by atoms with Gasteiger partial charge in [0.1, 0.15) is 5.75 Å². The van der Waals surface area contributed by atoms with Crippen molar-refractivity contribution >= 4 is 29.9 Å². The van der Waals surface area contributed by atoms with Crippen LogP contribution in [0.1, 0.15) is 24.5 Å². The molecule has 0 aliphatic carbocycles. The number of hydrogen-bond acceptors (Lipinski definition) is 4. The van der Waals surface area contributed by atoms with Crippen molar-refractivity contribution in [2.45, 2.75) is 26.3 Å². The molecular weight excluding hydrogens is 481 g/mol. The summed E-state index contributed by atoms with van der Waals surface area (Å²) in [6, 6.07) is 14.1. The third-order valence-electron chi connectivity index (χ3n) is 4.31. The second kappa shape index (κ2) is 13.9. The Labute approximate surface area is 191 Å². The van der Waals surface area contributed by atoms with Crippen LogP contribution in [-0.2, 0) is 13.0 Å². The molecule has 0 atom stereocenters. The second-order valence-electron chi connectivity index (χ2n) is 6.26. The first kappa shape index (κ1) is 24.9. The summed E-state index contributed by atoms with van der Waals surface area (Å²) in [5.41, 5.74) is 2.36. The fraction of sp³-hybridized carbons (Fsp3) is 0.409. The third kappa shape index (κ3) is 8.39. The Morgan fingerprint density at radius 2 is 1.55 bits per heavy atom. The zero-order valence-corrected chi connectivity index (χ0v) is 20.0. The zero-order chi connectivity index (χ0) is 20.2. The van der Waals surface area contributed by atoms with E-state index in [0.717, 1.165) is 49.0 Å². The number of benzene rings is 2. The van der Waals surface area contributed by atoms with Crippen LogP contribution in [0.25, 0.3) is 0 Å². The standard InChI is InChI=1S/C22H31N3O3.HI/c1-5-23-22(24-14-6-7-17-8-11-19(26-2)12-9-17)25-16-18-10-13-20(27-3)21(15-18)28-4;/h8-13,15H,5-7,14,16H2,1-4H3,(H2,23,24,25);1H. The normalized spacial score (nSPS) is 10.7. The number of hydrogen-bond donors (Lipinski definition) is 2. The van der Waals surface area contributed by atoms with Crippen LogP contribution >= 0.6 is 24.0 Å². The van der Waals surface area contributed by atoms with Gasteiger partial charge in [0, 0.05) is 13.1 Å². The Kier molecular flexibility index (Phi) is 11.9. The first-order valence-corrected chi connectivity index (χ1v) is 9.56. The molecule has 160 valence electrons. The lowest BCUT2D eigenvalue weighted by Gasteiger charge is -2.12. The van der Waals surface area contributed by atoms with Gasteiger partial charge < -0.3 is 24.8 Å². The minimum absolute atomic E-state index is 0. The summed E-state index contributed by atoms with van der Waals surface area (Å²) in [7, 11) is 4.96. The van der Waals surface area contributed by atoms with Gasteiger partial charge in [-0.05, 0) is 55.2 Å². The SMILES string of the molecule is CCNC(=NCc1ccc(OC)c(OC)c1)NCCCc1ccc(OC)cc1.I. The molecule has 2 aromatic carbocycles. The second-order valence-corrected chi connectivity index (χ2v) is 6.26. The van der Waals surface area contributed by atoms with Crippen LogP contribution in [0.15, 0.2) is 47.5 Å². The Bertz CT molecular complexity index is 751. The average Bonchev–Trinajstić information content (AvgIpc) is 2.75. The van der Waals surface area contributed by atoms with Gasteiger partial charge in [0.05, 0.1) is 27.9 Å². The molecular formula is C22H32IN3O3. The summed E-state index contributed by atoms with van der Waals surface area (Å²) in [5.74, 6) is 3.14. The van der Waals surface area contributed by atoms with Crippen LogP contribution in [0, 0.1) is 0 Å². The highest BCUT2D eigenvalue weighted by Gasteiger charge is 2.05. The lowest BCUT2D eigenvalue weighted by atomic mass is 10.1. The van der Waals surface area contributed by atoms with Crippen molar-refractivity contribution in [1.82, 2.24) is 10.6 Å². The largest absolute Gasteiger partial charge is 0.497 e. The maximum Gasteiger partial charge on any atom is 0.191 e. The van der Waals surface area contributed by atoms with E-state index in [9.17, 15) is 0 Å². The van der Waals surface area contributed by atoms with Gasteiger partial charge in [-0.15, -0.1) is 24.0 Å². The van der Waals surface area contributed by atoms with E-state index in [1.807, 2.05) is 30.3 Å². The van der Waals surface area contributed by atoms with E-state index in [2.05, 4.69) is 34.7 Å². The highest BCUT2D eigenvalue weighted by atomic mass is 127. The molecule has 2 N–H and O–H groups in total. The Hall–Kier alpha value is -2.16. The van der Waals surface area contributed by atoms with Crippen LogP contribution in [0.3, 0.4) is 0 Å². The molecule has 0 spiro atoms. The predicted molar refractivity (Wildman–Crippen MR) is 129 cm³/mol. The molecule has 0 saturated carbocycles. The lowest BCUT2D eigenvalue weighted by molar-refractivity contribution is 0.354. The molecule has 0 radical (unpaired) electrons. The molecule has 0 aromatic heterocycles. The van der Waals surface area contributed by atoms with E-state index in [1.165, 1.54) is 5.56 Å². The number of nitrogens with zero attached hydrogens (tertiary/aromatic N) is 1. The van der Waals surface area contributed by atoms with Gasteiger partial charge in [0.15, 0.2) is 17.5 Å². The van der Waals surface area contributed by atoms with Gasteiger partial charge in [-0.1, -0.05) is 18.2 Å². The molecule has 0 aliphatic heterocycles. The van der Waals surface area contributed by atoms with Crippen molar-refractivity contribution in [2.24, 2.45) is 4.99 Å². The van der Waals surface area contributed by atoms with Crippen molar-refractivity contribution < 1.29 is 14.2 Å². The maximum absolute atomic E-state index is 5.35. The van der Waals surface area contributed by atoms with Gasteiger partial charge >= 0.3 is 0 Å². The Morgan fingerprint density at radius 3 is 2.17 bits per heavy atom. The molecule has 0 bridgehead atoms. The number of guanidine groups is 1. The van der Waals surface area contributed by atoms with Gasteiger partial charge in [-0.2, -0.15) is 0 Å². The summed E-state index contributed by atoms with van der Waals surface area (Å²) >= 11 is 0. The van der Waals surface area contributed by atoms with Crippen LogP contribution in [0.5, 0.6) is 17.2 Å². The van der Waals surface area contributed by atoms with Crippen LogP contribution in [0.4, 0.5) is 0 Å². The fourth-order valence-corrected chi connectivity index (χ4v) is 2.78. The molecule has 2 rings (SSSR count). The van der Waals surface area contributed by atoms with Gasteiger partial charge in [0.2, 0.25) is 0 Å². The molecule has 0 aliphatic rings. The molecule has 0 saturated heterocycles. The number of rotatable bonds is 10. The first-order chi connectivity index (χ1) is 13.7. The highest BCUT2D eigenvalue weighted by Crippen LogP contribution is 2.27. The molecule has 0 fully saturated rings. The van der Waals surface area contributed by atoms with Crippen LogP contribution < -0.4 is 24.8 Å². The van der Waals surface area contributed by atoms with E-state index < -0.39 is 0 Å². The summed E-state index contributed by atoms with van der Waals surface area (Å²) in [6.45, 7) is 4.29. The third-order valence-corrected chi connectivity index (χ3v) is 4.31. The monoisotopic (exact) mass is 513 g/mol. The lowest BCUT2D eigenvalue weighted by Crippen LogP contribution is -2.37. The summed E-state index contributed by atoms with van der Waals surface area (Å²) in [5, 5.41) is 6.68. The van der Waals surface area contributed by atoms with Crippen molar-refractivity contribution in [3.05, 3.63) is 53.6 Å². The van der Waals surface area contributed by atoms with E-state index in [0.29, 0.717) is 12.3 Å². The minimum atomic E-state index is 0. The van der Waals surface area contributed by atoms with Crippen LogP contribution in [-0.4, -0.2) is 40.4 Å². The quantitative estimate of drug-likeness (QED) is 0.218.